The molecule has 1 aliphatic heterocycles. The quantitative estimate of drug-likeness (QED) is 0.636. The molecule has 0 aliphatic carbocycles. The Labute approximate surface area is 159 Å². The van der Waals surface area contributed by atoms with Gasteiger partial charge < -0.3 is 10.5 Å². The van der Waals surface area contributed by atoms with Crippen LogP contribution in [0.15, 0.2) is 41.3 Å². The first-order chi connectivity index (χ1) is 11.9. The van der Waals surface area contributed by atoms with Crippen molar-refractivity contribution in [2.24, 2.45) is 0 Å². The third kappa shape index (κ3) is 3.37. The van der Waals surface area contributed by atoms with Gasteiger partial charge in [-0.3, -0.25) is 4.31 Å². The Balaban J connectivity index is 0.00000243. The zero-order chi connectivity index (χ0) is 18.2. The van der Waals surface area contributed by atoms with Gasteiger partial charge in [0, 0.05) is 12.2 Å². The minimum absolute atomic E-state index is 0. The summed E-state index contributed by atoms with van der Waals surface area (Å²) in [4.78, 5) is 11.9. The van der Waals surface area contributed by atoms with Crippen molar-refractivity contribution < 1.29 is 17.9 Å². The maximum absolute atomic E-state index is 13.3. The number of nitrogens with zero attached hydrogens (tertiary/aromatic N) is 1. The molecule has 0 saturated carbocycles. The third-order valence-electron chi connectivity index (χ3n) is 4.42. The molecule has 0 atom stereocenters. The van der Waals surface area contributed by atoms with Crippen LogP contribution in [-0.2, 0) is 21.2 Å². The zero-order valence-corrected chi connectivity index (χ0v) is 16.2. The number of benzene rings is 2. The van der Waals surface area contributed by atoms with Crippen molar-refractivity contribution in [3.63, 3.8) is 0 Å². The van der Waals surface area contributed by atoms with Gasteiger partial charge in [0.1, 0.15) is 0 Å². The number of methoxy groups -OCH3 is 1. The lowest BCUT2D eigenvalue weighted by Gasteiger charge is -2.31. The minimum atomic E-state index is -3.82. The normalized spacial score (nSPS) is 13.5. The van der Waals surface area contributed by atoms with E-state index in [1.165, 1.54) is 17.5 Å². The molecule has 0 fully saturated rings. The fourth-order valence-corrected chi connectivity index (χ4v) is 4.90. The van der Waals surface area contributed by atoms with E-state index in [4.69, 9.17) is 10.5 Å². The highest BCUT2D eigenvalue weighted by molar-refractivity contribution is 7.92. The summed E-state index contributed by atoms with van der Waals surface area (Å²) in [6.07, 6.45) is 1.44. The van der Waals surface area contributed by atoms with Gasteiger partial charge in [0.15, 0.2) is 0 Å². The van der Waals surface area contributed by atoms with Crippen LogP contribution < -0.4 is 10.0 Å². The molecule has 3 rings (SSSR count). The van der Waals surface area contributed by atoms with E-state index in [9.17, 15) is 13.2 Å². The Morgan fingerprint density at radius 3 is 2.65 bits per heavy atom. The van der Waals surface area contributed by atoms with Crippen LogP contribution in [0.1, 0.15) is 27.9 Å². The number of hydrogen-bond donors (Lipinski definition) is 1. The van der Waals surface area contributed by atoms with Gasteiger partial charge in [0.05, 0.1) is 23.3 Å². The van der Waals surface area contributed by atoms with E-state index in [2.05, 4.69) is 0 Å². The summed E-state index contributed by atoms with van der Waals surface area (Å²) in [7, 11) is -2.55. The van der Waals surface area contributed by atoms with Crippen molar-refractivity contribution in [1.82, 2.24) is 0 Å². The van der Waals surface area contributed by atoms with Crippen LogP contribution in [0.5, 0.6) is 0 Å². The van der Waals surface area contributed by atoms with Gasteiger partial charge in [0.2, 0.25) is 0 Å². The van der Waals surface area contributed by atoms with E-state index in [1.54, 1.807) is 37.3 Å². The summed E-state index contributed by atoms with van der Waals surface area (Å²) in [6.45, 7) is 2.08. The molecule has 0 aromatic heterocycles. The summed E-state index contributed by atoms with van der Waals surface area (Å²) in [5.74, 6) is -0.570. The molecule has 0 spiro atoms. The molecule has 2 N–H and O–H groups in total. The summed E-state index contributed by atoms with van der Waals surface area (Å²) in [5, 5.41) is 0. The van der Waals surface area contributed by atoms with Crippen molar-refractivity contribution >= 4 is 39.8 Å². The molecule has 1 heterocycles. The number of carbonyl (C=O) groups excluding carboxylic acids is 1. The van der Waals surface area contributed by atoms with Crippen molar-refractivity contribution in [3.8, 4) is 0 Å². The molecule has 0 amide bonds. The monoisotopic (exact) mass is 396 g/mol. The van der Waals surface area contributed by atoms with Crippen molar-refractivity contribution in [3.05, 3.63) is 53.1 Å². The lowest BCUT2D eigenvalue weighted by molar-refractivity contribution is 0.0600. The summed E-state index contributed by atoms with van der Waals surface area (Å²) >= 11 is 0. The predicted molar refractivity (Wildman–Crippen MR) is 103 cm³/mol. The molecule has 26 heavy (non-hydrogen) atoms. The topological polar surface area (TPSA) is 89.7 Å². The van der Waals surface area contributed by atoms with Gasteiger partial charge in [-0.2, -0.15) is 0 Å². The standard InChI is InChI=1S/C18H20N2O4S.ClH/c1-12-8-9-13(18(21)24-2)11-17(12)25(22,23)20-10-4-5-14-15(19)6-3-7-16(14)20;/h3,6-9,11H,4-5,10,19H2,1-2H3;1H. The Kier molecular flexibility index (Phi) is 5.83. The Morgan fingerprint density at radius 1 is 1.23 bits per heavy atom. The number of hydrogen-bond acceptors (Lipinski definition) is 5. The average molecular weight is 397 g/mol. The SMILES string of the molecule is COC(=O)c1ccc(C)c(S(=O)(=O)N2CCCc3c(N)cccc32)c1.Cl. The molecule has 1 aliphatic rings. The maximum Gasteiger partial charge on any atom is 0.337 e. The van der Waals surface area contributed by atoms with Gasteiger partial charge in [-0.25, -0.2) is 13.2 Å². The van der Waals surface area contributed by atoms with Crippen molar-refractivity contribution in [2.45, 2.75) is 24.7 Å². The molecule has 6 nitrogen and oxygen atoms in total. The van der Waals surface area contributed by atoms with Crippen LogP contribution in [0.25, 0.3) is 0 Å². The molecule has 8 heteroatoms. The fraction of sp³-hybridized carbons (Fsp3) is 0.278. The van der Waals surface area contributed by atoms with Gasteiger partial charge in [-0.15, -0.1) is 12.4 Å². The number of halogens is 1. The summed E-state index contributed by atoms with van der Waals surface area (Å²) in [5.41, 5.74) is 8.84. The number of ether oxygens (including phenoxy) is 1. The molecular formula is C18H21ClN2O4S. The Bertz CT molecular complexity index is 944. The minimum Gasteiger partial charge on any atom is -0.465 e. The smallest absolute Gasteiger partial charge is 0.337 e. The van der Waals surface area contributed by atoms with E-state index in [1.807, 2.05) is 0 Å². The fourth-order valence-electron chi connectivity index (χ4n) is 3.11. The van der Waals surface area contributed by atoms with E-state index in [0.717, 1.165) is 12.0 Å². The molecule has 2 aromatic carbocycles. The predicted octanol–water partition coefficient (Wildman–Crippen LogP) is 2.93. The van der Waals surface area contributed by atoms with Crippen LogP contribution >= 0.6 is 12.4 Å². The second-order valence-electron chi connectivity index (χ2n) is 6.00. The largest absolute Gasteiger partial charge is 0.465 e. The Morgan fingerprint density at radius 2 is 1.96 bits per heavy atom. The third-order valence-corrected chi connectivity index (χ3v) is 6.38. The van der Waals surface area contributed by atoms with Crippen molar-refractivity contribution in [2.75, 3.05) is 23.7 Å². The number of esters is 1. The van der Waals surface area contributed by atoms with E-state index in [-0.39, 0.29) is 22.9 Å². The summed E-state index contributed by atoms with van der Waals surface area (Å²) in [6, 6.07) is 9.84. The van der Waals surface area contributed by atoms with E-state index in [0.29, 0.717) is 29.9 Å². The number of carbonyl (C=O) groups is 1. The number of fused-ring (bicyclic) bond motifs is 1. The highest BCUT2D eigenvalue weighted by Gasteiger charge is 2.31. The molecule has 2 aromatic rings. The molecule has 0 saturated heterocycles. The van der Waals surface area contributed by atoms with Gasteiger partial charge in [-0.1, -0.05) is 12.1 Å². The molecular weight excluding hydrogens is 376 g/mol. The number of nitrogens with two attached hydrogens (primary N) is 1. The summed E-state index contributed by atoms with van der Waals surface area (Å²) < 4.78 is 32.6. The number of rotatable bonds is 3. The van der Waals surface area contributed by atoms with Crippen LogP contribution in [0.4, 0.5) is 11.4 Å². The van der Waals surface area contributed by atoms with Crippen molar-refractivity contribution in [1.29, 1.82) is 0 Å². The average Bonchev–Trinajstić information content (AvgIpc) is 2.61. The second-order valence-corrected chi connectivity index (χ2v) is 7.83. The van der Waals surface area contributed by atoms with Gasteiger partial charge in [0.25, 0.3) is 10.0 Å². The molecule has 140 valence electrons. The number of anilines is 2. The first-order valence-corrected chi connectivity index (χ1v) is 9.39. The van der Waals surface area contributed by atoms with Gasteiger partial charge >= 0.3 is 5.97 Å². The molecule has 0 radical (unpaired) electrons. The second kappa shape index (κ2) is 7.55. The lowest BCUT2D eigenvalue weighted by atomic mass is 10.0. The number of aryl methyl sites for hydroxylation is 1. The highest BCUT2D eigenvalue weighted by Crippen LogP contribution is 2.35. The molecule has 0 bridgehead atoms. The van der Waals surface area contributed by atoms with Crippen LogP contribution in [0.2, 0.25) is 0 Å². The highest BCUT2D eigenvalue weighted by atomic mass is 35.5. The molecule has 0 unspecified atom stereocenters. The van der Waals surface area contributed by atoms with Gasteiger partial charge in [-0.05, 0) is 55.2 Å². The maximum atomic E-state index is 13.3. The van der Waals surface area contributed by atoms with Crippen LogP contribution in [0, 0.1) is 6.92 Å². The zero-order valence-electron chi connectivity index (χ0n) is 14.6. The first-order valence-electron chi connectivity index (χ1n) is 7.95. The first kappa shape index (κ1) is 20.1. The van der Waals surface area contributed by atoms with E-state index < -0.39 is 16.0 Å². The van der Waals surface area contributed by atoms with Crippen LogP contribution in [-0.4, -0.2) is 28.0 Å². The van der Waals surface area contributed by atoms with E-state index >= 15 is 0 Å². The lowest BCUT2D eigenvalue weighted by Crippen LogP contribution is -2.36. The number of nitrogen functional groups attached to an aromatic ring is 1. The van der Waals surface area contributed by atoms with Crippen LogP contribution in [0.3, 0.4) is 0 Å². The number of sulfonamides is 1. The Hall–Kier alpha value is -2.25.